The second-order valence-electron chi connectivity index (χ2n) is 5.15. The Hall–Kier alpha value is -1.43. The van der Waals surface area contributed by atoms with E-state index in [4.69, 9.17) is 10.3 Å². The molecule has 0 aliphatic heterocycles. The number of aromatic nitrogens is 2. The maximum Gasteiger partial charge on any atom is 0.292 e. The third-order valence-corrected chi connectivity index (χ3v) is 3.44. The summed E-state index contributed by atoms with van der Waals surface area (Å²) in [4.78, 5) is 15.7. The van der Waals surface area contributed by atoms with E-state index in [9.17, 15) is 4.79 Å². The topological polar surface area (TPSA) is 94.0 Å². The van der Waals surface area contributed by atoms with Gasteiger partial charge in [0.15, 0.2) is 0 Å². The van der Waals surface area contributed by atoms with Crippen LogP contribution in [0.15, 0.2) is 4.52 Å². The molecule has 2 fully saturated rings. The van der Waals surface area contributed by atoms with E-state index in [1.54, 1.807) is 0 Å². The Morgan fingerprint density at radius 3 is 2.88 bits per heavy atom. The van der Waals surface area contributed by atoms with Gasteiger partial charge in [-0.15, -0.1) is 0 Å². The summed E-state index contributed by atoms with van der Waals surface area (Å²) in [5, 5.41) is 6.50. The number of amides is 1. The molecule has 2 aliphatic carbocycles. The van der Waals surface area contributed by atoms with Crippen LogP contribution in [0.5, 0.6) is 0 Å². The van der Waals surface area contributed by atoms with Crippen LogP contribution >= 0.6 is 0 Å². The smallest absolute Gasteiger partial charge is 0.292 e. The van der Waals surface area contributed by atoms with Gasteiger partial charge in [0, 0.05) is 18.0 Å². The van der Waals surface area contributed by atoms with E-state index in [1.165, 1.54) is 0 Å². The van der Waals surface area contributed by atoms with Gasteiger partial charge in [-0.25, -0.2) is 0 Å². The van der Waals surface area contributed by atoms with Crippen LogP contribution in [-0.2, 0) is 6.42 Å². The maximum atomic E-state index is 11.6. The van der Waals surface area contributed by atoms with Crippen molar-refractivity contribution in [2.45, 2.75) is 50.1 Å². The Kier molecular flexibility index (Phi) is 2.39. The van der Waals surface area contributed by atoms with Crippen LogP contribution in [0.3, 0.4) is 0 Å². The molecule has 1 aromatic heterocycles. The van der Waals surface area contributed by atoms with Gasteiger partial charge in [0.25, 0.3) is 11.7 Å². The minimum Gasteiger partial charge on any atom is -0.346 e. The van der Waals surface area contributed by atoms with E-state index in [2.05, 4.69) is 15.5 Å². The van der Waals surface area contributed by atoms with Gasteiger partial charge in [-0.05, 0) is 32.1 Å². The molecule has 0 bridgehead atoms. The van der Waals surface area contributed by atoms with Gasteiger partial charge in [-0.1, -0.05) is 5.16 Å². The summed E-state index contributed by atoms with van der Waals surface area (Å²) in [6.45, 7) is 0. The summed E-state index contributed by atoms with van der Waals surface area (Å²) in [5.74, 6) is 0.338. The number of hydrogen-bond donors (Lipinski definition) is 2. The largest absolute Gasteiger partial charge is 0.346 e. The zero-order valence-electron chi connectivity index (χ0n) is 9.61. The molecule has 1 heterocycles. The second kappa shape index (κ2) is 3.80. The number of nitrogens with zero attached hydrogens (tertiary/aromatic N) is 2. The Balaban J connectivity index is 1.62. The maximum absolute atomic E-state index is 11.6. The lowest BCUT2D eigenvalue weighted by Crippen LogP contribution is -2.48. The quantitative estimate of drug-likeness (QED) is 0.788. The molecule has 92 valence electrons. The molecule has 0 aromatic carbocycles. The number of rotatable bonds is 4. The zero-order chi connectivity index (χ0) is 11.9. The average molecular weight is 236 g/mol. The summed E-state index contributed by atoms with van der Waals surface area (Å²) in [6, 6.07) is 0.303. The predicted molar refractivity (Wildman–Crippen MR) is 59.3 cm³/mol. The minimum absolute atomic E-state index is 0.120. The summed E-state index contributed by atoms with van der Waals surface area (Å²) < 4.78 is 5.06. The van der Waals surface area contributed by atoms with Crippen LogP contribution < -0.4 is 11.1 Å². The van der Waals surface area contributed by atoms with Crippen molar-refractivity contribution >= 4 is 5.91 Å². The van der Waals surface area contributed by atoms with Crippen LogP contribution in [0.4, 0.5) is 0 Å². The van der Waals surface area contributed by atoms with Crippen LogP contribution in [0.1, 0.15) is 48.6 Å². The third-order valence-electron chi connectivity index (χ3n) is 3.44. The van der Waals surface area contributed by atoms with E-state index in [-0.39, 0.29) is 17.3 Å². The first-order valence-electron chi connectivity index (χ1n) is 6.07. The van der Waals surface area contributed by atoms with E-state index in [0.29, 0.717) is 18.4 Å². The third kappa shape index (κ3) is 2.31. The molecule has 2 aliphatic rings. The Morgan fingerprint density at radius 1 is 1.53 bits per heavy atom. The van der Waals surface area contributed by atoms with Gasteiger partial charge in [0.05, 0.1) is 0 Å². The molecular formula is C11H16N4O2. The number of hydrogen-bond acceptors (Lipinski definition) is 5. The standard InChI is InChI=1S/C11H16N4O2/c12-11(4-1-5-11)6-8-14-9(15-17-8)10(16)13-7-2-3-7/h7H,1-6,12H2,(H,13,16). The van der Waals surface area contributed by atoms with Crippen LogP contribution in [-0.4, -0.2) is 27.6 Å². The SMILES string of the molecule is NC1(Cc2nc(C(=O)NC3CC3)no2)CCC1. The lowest BCUT2D eigenvalue weighted by molar-refractivity contribution is 0.0937. The van der Waals surface area contributed by atoms with Crippen LogP contribution in [0.25, 0.3) is 0 Å². The van der Waals surface area contributed by atoms with Crippen molar-refractivity contribution in [3.63, 3.8) is 0 Å². The fraction of sp³-hybridized carbons (Fsp3) is 0.727. The highest BCUT2D eigenvalue weighted by molar-refractivity contribution is 5.90. The molecule has 17 heavy (non-hydrogen) atoms. The van der Waals surface area contributed by atoms with E-state index in [0.717, 1.165) is 32.1 Å². The average Bonchev–Trinajstić information content (AvgIpc) is 2.93. The van der Waals surface area contributed by atoms with Crippen molar-refractivity contribution in [3.8, 4) is 0 Å². The second-order valence-corrected chi connectivity index (χ2v) is 5.15. The molecule has 0 unspecified atom stereocenters. The molecule has 0 radical (unpaired) electrons. The van der Waals surface area contributed by atoms with Crippen molar-refractivity contribution in [2.75, 3.05) is 0 Å². The Bertz CT molecular complexity index is 434. The first-order valence-corrected chi connectivity index (χ1v) is 6.07. The highest BCUT2D eigenvalue weighted by Gasteiger charge is 2.35. The van der Waals surface area contributed by atoms with Gasteiger partial charge in [0.1, 0.15) is 0 Å². The molecule has 3 rings (SSSR count). The van der Waals surface area contributed by atoms with E-state index in [1.807, 2.05) is 0 Å². The fourth-order valence-corrected chi connectivity index (χ4v) is 2.01. The molecule has 0 atom stereocenters. The Labute approximate surface area is 98.9 Å². The first-order chi connectivity index (χ1) is 8.15. The van der Waals surface area contributed by atoms with Gasteiger partial charge in [0.2, 0.25) is 5.89 Å². The molecule has 1 aromatic rings. The number of nitrogens with one attached hydrogen (secondary N) is 1. The summed E-state index contributed by atoms with van der Waals surface area (Å²) in [6.07, 6.45) is 5.78. The van der Waals surface area contributed by atoms with E-state index >= 15 is 0 Å². The fourth-order valence-electron chi connectivity index (χ4n) is 2.01. The van der Waals surface area contributed by atoms with Crippen molar-refractivity contribution in [2.24, 2.45) is 5.73 Å². The van der Waals surface area contributed by atoms with E-state index < -0.39 is 0 Å². The molecule has 6 heteroatoms. The molecule has 1 amide bonds. The lowest BCUT2D eigenvalue weighted by Gasteiger charge is -2.36. The zero-order valence-corrected chi connectivity index (χ0v) is 9.61. The van der Waals surface area contributed by atoms with Gasteiger partial charge >= 0.3 is 0 Å². The Morgan fingerprint density at radius 2 is 2.29 bits per heavy atom. The predicted octanol–water partition coefficient (Wildman–Crippen LogP) is 0.386. The normalized spacial score (nSPS) is 21.9. The monoisotopic (exact) mass is 236 g/mol. The summed E-state index contributed by atoms with van der Waals surface area (Å²) >= 11 is 0. The van der Waals surface area contributed by atoms with Gasteiger partial charge in [-0.2, -0.15) is 4.98 Å². The molecule has 6 nitrogen and oxygen atoms in total. The summed E-state index contributed by atoms with van der Waals surface area (Å²) in [5.41, 5.74) is 5.88. The molecule has 3 N–H and O–H groups in total. The molecular weight excluding hydrogens is 220 g/mol. The van der Waals surface area contributed by atoms with Crippen molar-refractivity contribution in [1.82, 2.24) is 15.5 Å². The highest BCUT2D eigenvalue weighted by Crippen LogP contribution is 2.31. The first kappa shape index (κ1) is 10.7. The van der Waals surface area contributed by atoms with Crippen LogP contribution in [0, 0.1) is 0 Å². The highest BCUT2D eigenvalue weighted by atomic mass is 16.5. The molecule has 0 saturated heterocycles. The number of nitrogens with two attached hydrogens (primary N) is 1. The lowest BCUT2D eigenvalue weighted by atomic mass is 9.75. The van der Waals surface area contributed by atoms with Gasteiger partial charge < -0.3 is 15.6 Å². The van der Waals surface area contributed by atoms with Crippen LogP contribution in [0.2, 0.25) is 0 Å². The number of carbonyl (C=O) groups excluding carboxylic acids is 1. The van der Waals surface area contributed by atoms with Gasteiger partial charge in [-0.3, -0.25) is 4.79 Å². The number of carbonyl (C=O) groups is 1. The molecule has 2 saturated carbocycles. The van der Waals surface area contributed by atoms with Crippen molar-refractivity contribution in [3.05, 3.63) is 11.7 Å². The minimum atomic E-state index is -0.248. The van der Waals surface area contributed by atoms with Crippen molar-refractivity contribution in [1.29, 1.82) is 0 Å². The molecule has 0 spiro atoms. The van der Waals surface area contributed by atoms with Crippen molar-refractivity contribution < 1.29 is 9.32 Å². The summed E-state index contributed by atoms with van der Waals surface area (Å²) in [7, 11) is 0.